The van der Waals surface area contributed by atoms with Gasteiger partial charge in [0.2, 0.25) is 5.91 Å². The van der Waals surface area contributed by atoms with Crippen molar-refractivity contribution in [2.75, 3.05) is 39.3 Å². The third-order valence-corrected chi connectivity index (χ3v) is 11.3. The van der Waals surface area contributed by atoms with Gasteiger partial charge in [0, 0.05) is 73.1 Å². The average Bonchev–Trinajstić information content (AvgIpc) is 3.88. The van der Waals surface area contributed by atoms with Crippen LogP contribution in [0.1, 0.15) is 61.4 Å². The zero-order valence-corrected chi connectivity index (χ0v) is 29.1. The van der Waals surface area contributed by atoms with Gasteiger partial charge in [0.15, 0.2) is 0 Å². The van der Waals surface area contributed by atoms with Gasteiger partial charge in [0.25, 0.3) is 5.91 Å². The molecule has 1 atom stereocenters. The van der Waals surface area contributed by atoms with E-state index < -0.39 is 6.04 Å². The molecular formula is C39H45N9O3. The van der Waals surface area contributed by atoms with Crippen molar-refractivity contribution in [3.05, 3.63) is 93.7 Å². The van der Waals surface area contributed by atoms with E-state index in [2.05, 4.69) is 47.5 Å². The summed E-state index contributed by atoms with van der Waals surface area (Å²) in [6.07, 6.45) is 13.0. The van der Waals surface area contributed by atoms with E-state index in [0.717, 1.165) is 77.4 Å². The molecule has 2 aromatic heterocycles. The molecule has 0 saturated carbocycles. The second-order valence-electron chi connectivity index (χ2n) is 14.4. The van der Waals surface area contributed by atoms with Gasteiger partial charge in [-0.05, 0) is 87.9 Å². The molecule has 0 aliphatic carbocycles. The average molecular weight is 688 g/mol. The van der Waals surface area contributed by atoms with Crippen LogP contribution in [0.4, 0.5) is 4.79 Å². The summed E-state index contributed by atoms with van der Waals surface area (Å²) in [5.41, 5.74) is 4.66. The monoisotopic (exact) mass is 687 g/mol. The normalized spacial score (nSPS) is 19.8. The first-order chi connectivity index (χ1) is 24.9. The number of nitrogens with zero attached hydrogens (tertiary/aromatic N) is 6. The minimum absolute atomic E-state index is 0.0363. The van der Waals surface area contributed by atoms with E-state index in [1.165, 1.54) is 0 Å². The minimum Gasteiger partial charge on any atom is -0.348 e. The Bertz CT molecular complexity index is 2080. The van der Waals surface area contributed by atoms with Gasteiger partial charge in [-0.2, -0.15) is 5.10 Å². The van der Waals surface area contributed by atoms with E-state index in [4.69, 9.17) is 0 Å². The van der Waals surface area contributed by atoms with E-state index in [9.17, 15) is 14.4 Å². The lowest BCUT2D eigenvalue weighted by Gasteiger charge is -2.42. The number of nitrogens with one attached hydrogen (secondary N) is 3. The van der Waals surface area contributed by atoms with Gasteiger partial charge >= 0.3 is 6.03 Å². The standard InChI is InChI=1S/C39H45N9O3/c1-25-20-26(21-30-24-42-45-35(25)30)22-34(38(50)47-18-10-31(11-19-47)46-14-8-28(9-15-46)36-40-12-13-41-36)44-39(51)48-16-6-27(7-17-48)32-23-29-4-2-3-5-33(29)43-37(32)49/h2-5,12-13,20-21,23-24,28,31,34H,6-11,14-19,22H2,1H3,(H,40,41)(H,42,45)(H,44,51)/t34-/m1/s1. The minimum atomic E-state index is -0.704. The van der Waals surface area contributed by atoms with E-state index in [0.29, 0.717) is 68.3 Å². The number of rotatable bonds is 6. The van der Waals surface area contributed by atoms with Gasteiger partial charge in [-0.25, -0.2) is 14.8 Å². The van der Waals surface area contributed by atoms with Crippen LogP contribution < -0.4 is 15.9 Å². The van der Waals surface area contributed by atoms with Crippen molar-refractivity contribution in [2.24, 2.45) is 4.99 Å². The SMILES string of the molecule is Cc1cc(C[C@@H](NC(=O)N2CCC(=C3C=c4ccccc4=NC3=O)CC2)C(=O)N2CCC(N3CCC(c4ncc[nH]4)CC3)CC2)cc2cn[nH]c12. The summed E-state index contributed by atoms with van der Waals surface area (Å²) in [6.45, 7) is 6.40. The summed E-state index contributed by atoms with van der Waals surface area (Å²) in [5.74, 6) is 1.31. The Morgan fingerprint density at radius 2 is 1.76 bits per heavy atom. The van der Waals surface area contributed by atoms with Crippen molar-refractivity contribution < 1.29 is 14.4 Å². The van der Waals surface area contributed by atoms with Crippen LogP contribution in [0, 0.1) is 6.92 Å². The first kappa shape index (κ1) is 33.1. The van der Waals surface area contributed by atoms with Crippen molar-refractivity contribution in [1.82, 2.24) is 40.2 Å². The van der Waals surface area contributed by atoms with E-state index in [-0.39, 0.29) is 17.8 Å². The first-order valence-corrected chi connectivity index (χ1v) is 18.3. The first-order valence-electron chi connectivity index (χ1n) is 18.3. The van der Waals surface area contributed by atoms with Crippen molar-refractivity contribution in [2.45, 2.75) is 69.9 Å². The number of aromatic nitrogens is 4. The number of fused-ring (bicyclic) bond motifs is 2. The highest BCUT2D eigenvalue weighted by Gasteiger charge is 2.34. The summed E-state index contributed by atoms with van der Waals surface area (Å²) in [7, 11) is 0. The highest BCUT2D eigenvalue weighted by Crippen LogP contribution is 2.29. The second-order valence-corrected chi connectivity index (χ2v) is 14.4. The molecule has 264 valence electrons. The Kier molecular flexibility index (Phi) is 9.25. The van der Waals surface area contributed by atoms with Crippen molar-refractivity contribution in [1.29, 1.82) is 0 Å². The highest BCUT2D eigenvalue weighted by atomic mass is 16.2. The van der Waals surface area contributed by atoms with Gasteiger partial charge in [-0.15, -0.1) is 0 Å². The fourth-order valence-electron chi connectivity index (χ4n) is 8.42. The molecular weight excluding hydrogens is 642 g/mol. The molecule has 12 nitrogen and oxygen atoms in total. The van der Waals surface area contributed by atoms with Crippen molar-refractivity contribution in [3.63, 3.8) is 0 Å². The number of benzene rings is 2. The zero-order valence-electron chi connectivity index (χ0n) is 29.1. The largest absolute Gasteiger partial charge is 0.348 e. The Morgan fingerprint density at radius 3 is 2.53 bits per heavy atom. The molecule has 51 heavy (non-hydrogen) atoms. The molecule has 0 bridgehead atoms. The molecule has 6 heterocycles. The summed E-state index contributed by atoms with van der Waals surface area (Å²) in [6, 6.07) is 11.3. The number of likely N-dealkylation sites (tertiary alicyclic amines) is 3. The fourth-order valence-corrected chi connectivity index (χ4v) is 8.42. The predicted molar refractivity (Wildman–Crippen MR) is 193 cm³/mol. The van der Waals surface area contributed by atoms with Crippen LogP contribution in [0.3, 0.4) is 0 Å². The maximum atomic E-state index is 14.3. The maximum Gasteiger partial charge on any atom is 0.318 e. The Morgan fingerprint density at radius 1 is 0.980 bits per heavy atom. The molecule has 4 aliphatic rings. The Labute approximate surface area is 296 Å². The smallest absolute Gasteiger partial charge is 0.318 e. The summed E-state index contributed by atoms with van der Waals surface area (Å²) in [5, 5.41) is 13.0. The number of H-pyrrole nitrogens is 2. The molecule has 0 unspecified atom stereocenters. The number of imidazole rings is 1. The number of piperidine rings is 3. The molecule has 4 aromatic rings. The Hall–Kier alpha value is -5.10. The van der Waals surface area contributed by atoms with Gasteiger partial charge in [0.1, 0.15) is 11.9 Å². The molecule has 3 fully saturated rings. The number of urea groups is 1. The van der Waals surface area contributed by atoms with Crippen LogP contribution in [-0.4, -0.2) is 104 Å². The number of amides is 4. The van der Waals surface area contributed by atoms with Crippen LogP contribution in [0.25, 0.3) is 17.0 Å². The van der Waals surface area contributed by atoms with Crippen LogP contribution in [0.5, 0.6) is 0 Å². The predicted octanol–water partition coefficient (Wildman–Crippen LogP) is 3.12. The number of aromatic amines is 2. The molecule has 2 aromatic carbocycles. The van der Waals surface area contributed by atoms with Crippen molar-refractivity contribution >= 4 is 34.8 Å². The molecule has 3 saturated heterocycles. The summed E-state index contributed by atoms with van der Waals surface area (Å²) < 4.78 is 0. The van der Waals surface area contributed by atoms with Crippen LogP contribution in [-0.2, 0) is 16.0 Å². The molecule has 4 aliphatic heterocycles. The second kappa shape index (κ2) is 14.3. The van der Waals surface area contributed by atoms with Crippen molar-refractivity contribution in [3.8, 4) is 0 Å². The zero-order chi connectivity index (χ0) is 34.9. The topological polar surface area (TPSA) is 143 Å². The van der Waals surface area contributed by atoms with Gasteiger partial charge < -0.3 is 25.0 Å². The van der Waals surface area contributed by atoms with E-state index in [1.807, 2.05) is 54.6 Å². The molecule has 4 amide bonds. The lowest BCUT2D eigenvalue weighted by Crippen LogP contribution is -2.56. The number of carbonyl (C=O) groups excluding carboxylic acids is 3. The van der Waals surface area contributed by atoms with E-state index in [1.54, 1.807) is 11.1 Å². The van der Waals surface area contributed by atoms with Gasteiger partial charge in [-0.3, -0.25) is 14.7 Å². The lowest BCUT2D eigenvalue weighted by molar-refractivity contribution is -0.135. The third kappa shape index (κ3) is 6.97. The van der Waals surface area contributed by atoms with Gasteiger partial charge in [0.05, 0.1) is 17.1 Å². The van der Waals surface area contributed by atoms with Crippen LogP contribution in [0.2, 0.25) is 0 Å². The molecule has 0 spiro atoms. The van der Waals surface area contributed by atoms with Gasteiger partial charge in [-0.1, -0.05) is 29.8 Å². The number of para-hydroxylation sites is 1. The molecule has 8 rings (SSSR count). The number of hydrogen-bond acceptors (Lipinski definition) is 6. The van der Waals surface area contributed by atoms with Crippen LogP contribution in [0.15, 0.2) is 71.1 Å². The number of aryl methyl sites for hydroxylation is 1. The summed E-state index contributed by atoms with van der Waals surface area (Å²) >= 11 is 0. The maximum absolute atomic E-state index is 14.3. The number of hydrogen-bond donors (Lipinski definition) is 3. The molecule has 3 N–H and O–H groups in total. The third-order valence-electron chi connectivity index (χ3n) is 11.3. The Balaban J connectivity index is 0.930. The van der Waals surface area contributed by atoms with E-state index >= 15 is 0 Å². The lowest BCUT2D eigenvalue weighted by atomic mass is 9.92. The quantitative estimate of drug-likeness (QED) is 0.266. The number of carbonyl (C=O) groups is 3. The fraction of sp³-hybridized carbons (Fsp3) is 0.436. The highest BCUT2D eigenvalue weighted by molar-refractivity contribution is 6.04. The molecule has 0 radical (unpaired) electrons. The van der Waals surface area contributed by atoms with Crippen LogP contribution >= 0.6 is 0 Å². The molecule has 12 heteroatoms. The summed E-state index contributed by atoms with van der Waals surface area (Å²) in [4.78, 5) is 59.3.